The molecule has 27 heavy (non-hydrogen) atoms. The molecule has 3 amide bonds. The Kier molecular flexibility index (Phi) is 4.90. The van der Waals surface area contributed by atoms with Crippen molar-refractivity contribution in [2.75, 3.05) is 13.2 Å². The molecule has 2 aliphatic rings. The topological polar surface area (TPSA) is 67.9 Å². The van der Waals surface area contributed by atoms with E-state index >= 15 is 0 Å². The molecule has 0 aromatic heterocycles. The third kappa shape index (κ3) is 3.71. The molecule has 6 nitrogen and oxygen atoms in total. The van der Waals surface area contributed by atoms with Crippen LogP contribution in [0.25, 0.3) is 0 Å². The molecule has 140 valence electrons. The lowest BCUT2D eigenvalue weighted by atomic mass is 10.1. The molecule has 2 aromatic carbocycles. The molecular weight excluding hydrogens is 368 g/mol. The highest BCUT2D eigenvalue weighted by molar-refractivity contribution is 6.32. The number of hydrogen-bond acceptors (Lipinski definition) is 4. The molecule has 0 radical (unpaired) electrons. The van der Waals surface area contributed by atoms with Crippen LogP contribution < -0.4 is 14.8 Å². The molecule has 1 saturated heterocycles. The van der Waals surface area contributed by atoms with Crippen molar-refractivity contribution < 1.29 is 19.1 Å². The largest absolute Gasteiger partial charge is 0.489 e. The average Bonchev–Trinajstić information content (AvgIpc) is 2.83. The molecule has 1 N–H and O–H groups in total. The summed E-state index contributed by atoms with van der Waals surface area (Å²) in [6.07, 6.45) is 1.23. The first-order valence-corrected chi connectivity index (χ1v) is 9.23. The minimum absolute atomic E-state index is 0.131. The maximum absolute atomic E-state index is 12.7. The van der Waals surface area contributed by atoms with Gasteiger partial charge in [0.15, 0.2) is 11.5 Å². The van der Waals surface area contributed by atoms with E-state index in [1.165, 1.54) is 4.90 Å². The van der Waals surface area contributed by atoms with Crippen molar-refractivity contribution in [3.8, 4) is 11.5 Å². The molecular formula is C20H19ClN2O4. The molecule has 7 heteroatoms. The minimum atomic E-state index is -0.559. The average molecular weight is 387 g/mol. The Bertz CT molecular complexity index is 872. The maximum Gasteiger partial charge on any atom is 0.325 e. The van der Waals surface area contributed by atoms with Crippen LogP contribution in [0.1, 0.15) is 17.5 Å². The highest BCUT2D eigenvalue weighted by atomic mass is 35.5. The molecule has 2 aliphatic heterocycles. The van der Waals surface area contributed by atoms with Crippen LogP contribution in [0.5, 0.6) is 11.5 Å². The number of halogens is 1. The van der Waals surface area contributed by atoms with Crippen LogP contribution in [0.2, 0.25) is 5.02 Å². The van der Waals surface area contributed by atoms with Gasteiger partial charge in [-0.2, -0.15) is 0 Å². The summed E-state index contributed by atoms with van der Waals surface area (Å²) < 4.78 is 11.3. The number of amides is 3. The minimum Gasteiger partial charge on any atom is -0.489 e. The standard InChI is InChI=1S/C20H19ClN2O4/c21-15-9-14(11-17-18(15)27-8-4-7-26-17)12-23-19(24)16(22-20(23)25)10-13-5-2-1-3-6-13/h1-3,5-6,9,11,16H,4,7-8,10,12H2,(H,22,25)/t16-/m0/s1. The summed E-state index contributed by atoms with van der Waals surface area (Å²) in [5.74, 6) is 0.812. The van der Waals surface area contributed by atoms with Gasteiger partial charge in [-0.25, -0.2) is 4.79 Å². The van der Waals surface area contributed by atoms with Gasteiger partial charge in [0.05, 0.1) is 24.8 Å². The number of rotatable bonds is 4. The van der Waals surface area contributed by atoms with Crippen molar-refractivity contribution in [2.24, 2.45) is 0 Å². The number of urea groups is 1. The van der Waals surface area contributed by atoms with E-state index in [0.717, 1.165) is 12.0 Å². The summed E-state index contributed by atoms with van der Waals surface area (Å²) in [6.45, 7) is 1.21. The number of carbonyl (C=O) groups is 2. The number of imide groups is 1. The van der Waals surface area contributed by atoms with Crippen molar-refractivity contribution in [1.29, 1.82) is 0 Å². The monoisotopic (exact) mass is 386 g/mol. The van der Waals surface area contributed by atoms with E-state index in [0.29, 0.717) is 41.7 Å². The first kappa shape index (κ1) is 17.7. The Morgan fingerprint density at radius 3 is 2.67 bits per heavy atom. The molecule has 0 aliphatic carbocycles. The lowest BCUT2D eigenvalue weighted by Crippen LogP contribution is -2.32. The summed E-state index contributed by atoms with van der Waals surface area (Å²) in [7, 11) is 0. The maximum atomic E-state index is 12.7. The van der Waals surface area contributed by atoms with Crippen molar-refractivity contribution in [1.82, 2.24) is 10.2 Å². The van der Waals surface area contributed by atoms with E-state index in [2.05, 4.69) is 5.32 Å². The van der Waals surface area contributed by atoms with E-state index in [-0.39, 0.29) is 12.5 Å². The number of hydrogen-bond donors (Lipinski definition) is 1. The van der Waals surface area contributed by atoms with Gasteiger partial charge < -0.3 is 14.8 Å². The number of benzene rings is 2. The molecule has 2 aromatic rings. The van der Waals surface area contributed by atoms with E-state index in [1.807, 2.05) is 30.3 Å². The summed E-state index contributed by atoms with van der Waals surface area (Å²) in [5, 5.41) is 3.17. The van der Waals surface area contributed by atoms with Gasteiger partial charge in [0.1, 0.15) is 6.04 Å². The van der Waals surface area contributed by atoms with E-state index in [4.69, 9.17) is 21.1 Å². The van der Waals surface area contributed by atoms with Crippen LogP contribution in [0.3, 0.4) is 0 Å². The third-order valence-corrected chi connectivity index (χ3v) is 4.87. The second-order valence-corrected chi connectivity index (χ2v) is 6.98. The normalized spacial score (nSPS) is 19.0. The third-order valence-electron chi connectivity index (χ3n) is 4.59. The van der Waals surface area contributed by atoms with E-state index in [9.17, 15) is 9.59 Å². The number of ether oxygens (including phenoxy) is 2. The zero-order chi connectivity index (χ0) is 18.8. The molecule has 0 spiro atoms. The zero-order valence-electron chi connectivity index (χ0n) is 14.6. The second kappa shape index (κ2) is 7.48. The van der Waals surface area contributed by atoms with Crippen LogP contribution in [0.4, 0.5) is 4.79 Å². The Hall–Kier alpha value is -2.73. The Morgan fingerprint density at radius 1 is 1.07 bits per heavy atom. The molecule has 2 heterocycles. The summed E-state index contributed by atoms with van der Waals surface area (Å²) in [4.78, 5) is 26.2. The van der Waals surface area contributed by atoms with Crippen molar-refractivity contribution in [2.45, 2.75) is 25.4 Å². The number of carbonyl (C=O) groups excluding carboxylic acids is 2. The molecule has 0 bridgehead atoms. The van der Waals surface area contributed by atoms with Gasteiger partial charge in [0, 0.05) is 12.8 Å². The highest BCUT2D eigenvalue weighted by Crippen LogP contribution is 2.38. The molecule has 0 unspecified atom stereocenters. The molecule has 1 fully saturated rings. The quantitative estimate of drug-likeness (QED) is 0.819. The van der Waals surface area contributed by atoms with Crippen LogP contribution in [0, 0.1) is 0 Å². The zero-order valence-corrected chi connectivity index (χ0v) is 15.4. The first-order valence-electron chi connectivity index (χ1n) is 8.85. The van der Waals surface area contributed by atoms with Crippen LogP contribution >= 0.6 is 11.6 Å². The number of nitrogens with one attached hydrogen (secondary N) is 1. The Labute approximate surface area is 162 Å². The fourth-order valence-corrected chi connectivity index (χ4v) is 3.56. The molecule has 1 atom stereocenters. The lowest BCUT2D eigenvalue weighted by molar-refractivity contribution is -0.127. The fraction of sp³-hybridized carbons (Fsp3) is 0.300. The van der Waals surface area contributed by atoms with Gasteiger partial charge in [-0.15, -0.1) is 0 Å². The number of fused-ring (bicyclic) bond motifs is 1. The lowest BCUT2D eigenvalue weighted by Gasteiger charge is -2.16. The van der Waals surface area contributed by atoms with Crippen molar-refractivity contribution in [3.63, 3.8) is 0 Å². The fourth-order valence-electron chi connectivity index (χ4n) is 3.27. The predicted octanol–water partition coefficient (Wildman–Crippen LogP) is 3.16. The van der Waals surface area contributed by atoms with E-state index in [1.54, 1.807) is 12.1 Å². The Balaban J connectivity index is 1.51. The Morgan fingerprint density at radius 2 is 1.85 bits per heavy atom. The van der Waals surface area contributed by atoms with Crippen molar-refractivity contribution >= 4 is 23.5 Å². The SMILES string of the molecule is O=C1N[C@@H](Cc2ccccc2)C(=O)N1Cc1cc(Cl)c2c(c1)OCCCO2. The van der Waals surface area contributed by atoms with Gasteiger partial charge in [0.2, 0.25) is 0 Å². The highest BCUT2D eigenvalue weighted by Gasteiger charge is 2.38. The van der Waals surface area contributed by atoms with Crippen molar-refractivity contribution in [3.05, 3.63) is 58.6 Å². The smallest absolute Gasteiger partial charge is 0.325 e. The second-order valence-electron chi connectivity index (χ2n) is 6.57. The first-order chi connectivity index (χ1) is 13.1. The van der Waals surface area contributed by atoms with Gasteiger partial charge in [-0.05, 0) is 23.3 Å². The van der Waals surface area contributed by atoms with Crippen LogP contribution in [0.15, 0.2) is 42.5 Å². The predicted molar refractivity (Wildman–Crippen MR) is 100 cm³/mol. The number of nitrogens with zero attached hydrogens (tertiary/aromatic N) is 1. The van der Waals surface area contributed by atoms with E-state index < -0.39 is 12.1 Å². The van der Waals surface area contributed by atoms with Gasteiger partial charge >= 0.3 is 6.03 Å². The van der Waals surface area contributed by atoms with Crippen LogP contribution in [-0.2, 0) is 17.8 Å². The van der Waals surface area contributed by atoms with Gasteiger partial charge in [0.25, 0.3) is 5.91 Å². The molecule has 4 rings (SSSR count). The summed E-state index contributed by atoms with van der Waals surface area (Å²) >= 11 is 6.31. The van der Waals surface area contributed by atoms with Gasteiger partial charge in [-0.1, -0.05) is 41.9 Å². The molecule has 0 saturated carbocycles. The summed E-state index contributed by atoms with van der Waals surface area (Å²) in [6, 6.07) is 12.1. The van der Waals surface area contributed by atoms with Gasteiger partial charge in [-0.3, -0.25) is 9.69 Å². The van der Waals surface area contributed by atoms with Crippen LogP contribution in [-0.4, -0.2) is 36.1 Å². The summed E-state index contributed by atoms with van der Waals surface area (Å²) in [5.41, 5.74) is 1.71.